The average Bonchev–Trinajstić information content (AvgIpc) is 2.54. The van der Waals surface area contributed by atoms with E-state index in [0.717, 1.165) is 11.3 Å². The first-order valence-corrected chi connectivity index (χ1v) is 7.50. The molecular weight excluding hydrogens is 281 g/mol. The van der Waals surface area contributed by atoms with Gasteiger partial charge in [0.25, 0.3) is 0 Å². The van der Waals surface area contributed by atoms with E-state index in [2.05, 4.69) is 5.32 Å². The third-order valence-corrected chi connectivity index (χ3v) is 3.57. The second-order valence-electron chi connectivity index (χ2n) is 5.17. The molecule has 0 aliphatic rings. The molecule has 0 radical (unpaired) electrons. The SMILES string of the molecule is CCOc1ccc(C(C)NCC(O)c2ccccc2F)cc1. The fraction of sp³-hybridized carbons (Fsp3) is 0.333. The number of hydrogen-bond acceptors (Lipinski definition) is 3. The number of hydrogen-bond donors (Lipinski definition) is 2. The van der Waals surface area contributed by atoms with Crippen LogP contribution in [0.3, 0.4) is 0 Å². The monoisotopic (exact) mass is 303 g/mol. The Hall–Kier alpha value is -1.91. The number of ether oxygens (including phenoxy) is 1. The van der Waals surface area contributed by atoms with Crippen LogP contribution >= 0.6 is 0 Å². The lowest BCUT2D eigenvalue weighted by molar-refractivity contribution is 0.166. The van der Waals surface area contributed by atoms with E-state index in [9.17, 15) is 9.50 Å². The highest BCUT2D eigenvalue weighted by molar-refractivity contribution is 5.29. The van der Waals surface area contributed by atoms with Crippen molar-refractivity contribution >= 4 is 0 Å². The molecule has 22 heavy (non-hydrogen) atoms. The Labute approximate surface area is 130 Å². The van der Waals surface area contributed by atoms with Crippen LogP contribution in [0.2, 0.25) is 0 Å². The van der Waals surface area contributed by atoms with Crippen molar-refractivity contribution in [2.24, 2.45) is 0 Å². The van der Waals surface area contributed by atoms with Crippen LogP contribution in [0.4, 0.5) is 4.39 Å². The Morgan fingerprint density at radius 3 is 2.45 bits per heavy atom. The van der Waals surface area contributed by atoms with Gasteiger partial charge in [-0.15, -0.1) is 0 Å². The van der Waals surface area contributed by atoms with E-state index in [1.807, 2.05) is 38.1 Å². The van der Waals surface area contributed by atoms with Crippen molar-refractivity contribution in [3.8, 4) is 5.75 Å². The van der Waals surface area contributed by atoms with Crippen LogP contribution in [0.25, 0.3) is 0 Å². The normalized spacial score (nSPS) is 13.6. The lowest BCUT2D eigenvalue weighted by Gasteiger charge is -2.18. The van der Waals surface area contributed by atoms with Crippen molar-refractivity contribution in [1.82, 2.24) is 5.32 Å². The molecule has 0 saturated heterocycles. The number of benzene rings is 2. The van der Waals surface area contributed by atoms with E-state index >= 15 is 0 Å². The Kier molecular flexibility index (Phi) is 5.92. The van der Waals surface area contributed by atoms with Crippen molar-refractivity contribution in [2.45, 2.75) is 26.0 Å². The van der Waals surface area contributed by atoms with Crippen LogP contribution in [-0.4, -0.2) is 18.3 Å². The minimum absolute atomic E-state index is 0.0529. The molecular formula is C18H22FNO2. The summed E-state index contributed by atoms with van der Waals surface area (Å²) < 4.78 is 19.0. The third kappa shape index (κ3) is 4.29. The van der Waals surface area contributed by atoms with Crippen LogP contribution in [-0.2, 0) is 0 Å². The molecule has 2 unspecified atom stereocenters. The molecule has 118 valence electrons. The van der Waals surface area contributed by atoms with Crippen molar-refractivity contribution in [3.63, 3.8) is 0 Å². The maximum atomic E-state index is 13.6. The Balaban J connectivity index is 1.92. The Bertz CT molecular complexity index is 586. The zero-order valence-electron chi connectivity index (χ0n) is 12.9. The first-order chi connectivity index (χ1) is 10.6. The molecule has 2 atom stereocenters. The van der Waals surface area contributed by atoms with Gasteiger partial charge in [-0.2, -0.15) is 0 Å². The predicted octanol–water partition coefficient (Wildman–Crippen LogP) is 3.61. The molecule has 0 amide bonds. The number of aliphatic hydroxyl groups is 1. The summed E-state index contributed by atoms with van der Waals surface area (Å²) >= 11 is 0. The van der Waals surface area contributed by atoms with Crippen LogP contribution in [0.5, 0.6) is 5.75 Å². The summed E-state index contributed by atoms with van der Waals surface area (Å²) in [5.41, 5.74) is 1.40. The topological polar surface area (TPSA) is 41.5 Å². The van der Waals surface area contributed by atoms with Gasteiger partial charge in [-0.25, -0.2) is 4.39 Å². The standard InChI is InChI=1S/C18H22FNO2/c1-3-22-15-10-8-14(9-11-15)13(2)20-12-18(21)16-6-4-5-7-17(16)19/h4-11,13,18,20-21H,3,12H2,1-2H3. The number of halogens is 1. The summed E-state index contributed by atoms with van der Waals surface area (Å²) in [4.78, 5) is 0. The second kappa shape index (κ2) is 7.92. The zero-order chi connectivity index (χ0) is 15.9. The molecule has 0 fully saturated rings. The number of rotatable bonds is 7. The van der Waals surface area contributed by atoms with Gasteiger partial charge in [-0.05, 0) is 37.6 Å². The molecule has 2 rings (SSSR count). The van der Waals surface area contributed by atoms with Gasteiger partial charge in [0.2, 0.25) is 0 Å². The highest BCUT2D eigenvalue weighted by Crippen LogP contribution is 2.20. The molecule has 0 spiro atoms. The van der Waals surface area contributed by atoms with Crippen LogP contribution < -0.4 is 10.1 Å². The predicted molar refractivity (Wildman–Crippen MR) is 85.4 cm³/mol. The van der Waals surface area contributed by atoms with Gasteiger partial charge >= 0.3 is 0 Å². The van der Waals surface area contributed by atoms with E-state index in [1.54, 1.807) is 18.2 Å². The van der Waals surface area contributed by atoms with Crippen molar-refractivity contribution in [3.05, 3.63) is 65.5 Å². The summed E-state index contributed by atoms with van der Waals surface area (Å²) in [5.74, 6) is 0.454. The van der Waals surface area contributed by atoms with Gasteiger partial charge in [0.1, 0.15) is 11.6 Å². The van der Waals surface area contributed by atoms with Crippen LogP contribution in [0, 0.1) is 5.82 Å². The first kappa shape index (κ1) is 16.5. The molecule has 0 saturated carbocycles. The lowest BCUT2D eigenvalue weighted by atomic mass is 10.1. The second-order valence-corrected chi connectivity index (χ2v) is 5.17. The summed E-state index contributed by atoms with van der Waals surface area (Å²) in [7, 11) is 0. The van der Waals surface area contributed by atoms with Crippen molar-refractivity contribution in [2.75, 3.05) is 13.2 Å². The minimum atomic E-state index is -0.869. The van der Waals surface area contributed by atoms with E-state index in [-0.39, 0.29) is 18.4 Å². The summed E-state index contributed by atoms with van der Waals surface area (Å²) in [5, 5.41) is 13.3. The molecule has 2 aromatic carbocycles. The molecule has 4 heteroatoms. The van der Waals surface area contributed by atoms with E-state index in [4.69, 9.17) is 4.74 Å². The third-order valence-electron chi connectivity index (χ3n) is 3.57. The highest BCUT2D eigenvalue weighted by Gasteiger charge is 2.13. The molecule has 0 bridgehead atoms. The fourth-order valence-electron chi connectivity index (χ4n) is 2.28. The number of nitrogens with one attached hydrogen (secondary N) is 1. The summed E-state index contributed by atoms with van der Waals surface area (Å²) in [6.45, 7) is 4.88. The van der Waals surface area contributed by atoms with Crippen LogP contribution in [0.1, 0.15) is 37.1 Å². The maximum Gasteiger partial charge on any atom is 0.129 e. The lowest BCUT2D eigenvalue weighted by Crippen LogP contribution is -2.25. The first-order valence-electron chi connectivity index (χ1n) is 7.50. The molecule has 0 aliphatic heterocycles. The number of aliphatic hydroxyl groups excluding tert-OH is 1. The van der Waals surface area contributed by atoms with Gasteiger partial charge in [-0.3, -0.25) is 0 Å². The van der Waals surface area contributed by atoms with E-state index in [0.29, 0.717) is 12.2 Å². The van der Waals surface area contributed by atoms with Gasteiger partial charge in [0, 0.05) is 18.2 Å². The van der Waals surface area contributed by atoms with Gasteiger partial charge in [0.05, 0.1) is 12.7 Å². The van der Waals surface area contributed by atoms with Crippen molar-refractivity contribution in [1.29, 1.82) is 0 Å². The van der Waals surface area contributed by atoms with Crippen LogP contribution in [0.15, 0.2) is 48.5 Å². The van der Waals surface area contributed by atoms with Gasteiger partial charge < -0.3 is 15.2 Å². The largest absolute Gasteiger partial charge is 0.494 e. The Morgan fingerprint density at radius 1 is 1.14 bits per heavy atom. The zero-order valence-corrected chi connectivity index (χ0v) is 12.9. The molecule has 0 heterocycles. The van der Waals surface area contributed by atoms with Crippen molar-refractivity contribution < 1.29 is 14.2 Å². The summed E-state index contributed by atoms with van der Waals surface area (Å²) in [6.07, 6.45) is -0.869. The van der Waals surface area contributed by atoms with E-state index < -0.39 is 6.10 Å². The molecule has 2 N–H and O–H groups in total. The maximum absolute atomic E-state index is 13.6. The molecule has 0 aromatic heterocycles. The average molecular weight is 303 g/mol. The Morgan fingerprint density at radius 2 is 1.82 bits per heavy atom. The molecule has 2 aromatic rings. The fourth-order valence-corrected chi connectivity index (χ4v) is 2.28. The van der Waals surface area contributed by atoms with Gasteiger partial charge in [0.15, 0.2) is 0 Å². The molecule has 0 aliphatic carbocycles. The highest BCUT2D eigenvalue weighted by atomic mass is 19.1. The molecule has 3 nitrogen and oxygen atoms in total. The minimum Gasteiger partial charge on any atom is -0.494 e. The quantitative estimate of drug-likeness (QED) is 0.821. The smallest absolute Gasteiger partial charge is 0.129 e. The summed E-state index contributed by atoms with van der Waals surface area (Å²) in [6, 6.07) is 14.2. The van der Waals surface area contributed by atoms with Gasteiger partial charge in [-0.1, -0.05) is 30.3 Å². The van der Waals surface area contributed by atoms with E-state index in [1.165, 1.54) is 6.07 Å².